The van der Waals surface area contributed by atoms with Gasteiger partial charge in [0.25, 0.3) is 0 Å². The maximum atomic E-state index is 11.3. The average Bonchev–Trinajstić information content (AvgIpc) is 2.52. The van der Waals surface area contributed by atoms with Crippen LogP contribution in [0.2, 0.25) is 0 Å². The summed E-state index contributed by atoms with van der Waals surface area (Å²) in [7, 11) is 0. The predicted octanol–water partition coefficient (Wildman–Crippen LogP) is 3.46. The summed E-state index contributed by atoms with van der Waals surface area (Å²) in [5, 5.41) is 0. The van der Waals surface area contributed by atoms with Gasteiger partial charge in [-0.2, -0.15) is 0 Å². The van der Waals surface area contributed by atoms with Crippen LogP contribution in [0.5, 0.6) is 5.75 Å². The SMILES string of the molecule is C=CCOC(=O)COc1ccc(-c2ccccc2)cc1. The van der Waals surface area contributed by atoms with Crippen LogP contribution in [-0.4, -0.2) is 19.2 Å². The van der Waals surface area contributed by atoms with E-state index in [9.17, 15) is 4.79 Å². The second-order valence-corrected chi connectivity index (χ2v) is 4.15. The van der Waals surface area contributed by atoms with Crippen LogP contribution in [-0.2, 0) is 9.53 Å². The molecule has 0 heterocycles. The lowest BCUT2D eigenvalue weighted by molar-refractivity contribution is -0.144. The average molecular weight is 268 g/mol. The van der Waals surface area contributed by atoms with Crippen molar-refractivity contribution in [2.75, 3.05) is 13.2 Å². The van der Waals surface area contributed by atoms with Crippen molar-refractivity contribution in [2.24, 2.45) is 0 Å². The molecule has 0 aromatic heterocycles. The van der Waals surface area contributed by atoms with Crippen LogP contribution >= 0.6 is 0 Å². The summed E-state index contributed by atoms with van der Waals surface area (Å²) in [5.41, 5.74) is 2.25. The van der Waals surface area contributed by atoms with Gasteiger partial charge in [-0.15, -0.1) is 0 Å². The molecule has 3 nitrogen and oxygen atoms in total. The summed E-state index contributed by atoms with van der Waals surface area (Å²) in [6, 6.07) is 17.7. The fourth-order valence-corrected chi connectivity index (χ4v) is 1.71. The van der Waals surface area contributed by atoms with Crippen molar-refractivity contribution in [1.82, 2.24) is 0 Å². The number of carbonyl (C=O) groups excluding carboxylic acids is 1. The predicted molar refractivity (Wildman–Crippen MR) is 78.5 cm³/mol. The van der Waals surface area contributed by atoms with Gasteiger partial charge in [-0.25, -0.2) is 4.79 Å². The van der Waals surface area contributed by atoms with E-state index in [0.29, 0.717) is 5.75 Å². The third kappa shape index (κ3) is 3.99. The lowest BCUT2D eigenvalue weighted by atomic mass is 10.1. The summed E-state index contributed by atoms with van der Waals surface area (Å²) in [6.07, 6.45) is 1.52. The van der Waals surface area contributed by atoms with E-state index in [0.717, 1.165) is 11.1 Å². The van der Waals surface area contributed by atoms with Gasteiger partial charge in [0.1, 0.15) is 12.4 Å². The van der Waals surface area contributed by atoms with E-state index < -0.39 is 5.97 Å². The molecule has 0 spiro atoms. The molecule has 2 aromatic carbocycles. The largest absolute Gasteiger partial charge is 0.482 e. The molecular formula is C17H16O3. The minimum atomic E-state index is -0.406. The van der Waals surface area contributed by atoms with E-state index in [1.54, 1.807) is 0 Å². The second-order valence-electron chi connectivity index (χ2n) is 4.15. The molecule has 0 N–H and O–H groups in total. The van der Waals surface area contributed by atoms with E-state index in [4.69, 9.17) is 9.47 Å². The summed E-state index contributed by atoms with van der Waals surface area (Å²) < 4.78 is 10.2. The zero-order chi connectivity index (χ0) is 14.2. The Labute approximate surface area is 118 Å². The Morgan fingerprint density at radius 2 is 1.65 bits per heavy atom. The third-order valence-electron chi connectivity index (χ3n) is 2.68. The van der Waals surface area contributed by atoms with Crippen molar-refractivity contribution in [2.45, 2.75) is 0 Å². The first kappa shape index (κ1) is 13.9. The van der Waals surface area contributed by atoms with Crippen molar-refractivity contribution >= 4 is 5.97 Å². The third-order valence-corrected chi connectivity index (χ3v) is 2.68. The fourth-order valence-electron chi connectivity index (χ4n) is 1.71. The molecule has 0 aliphatic heterocycles. The van der Waals surface area contributed by atoms with Crippen molar-refractivity contribution < 1.29 is 14.3 Å². The Balaban J connectivity index is 1.92. The zero-order valence-electron chi connectivity index (χ0n) is 11.1. The van der Waals surface area contributed by atoms with Crippen LogP contribution in [0.1, 0.15) is 0 Å². The molecule has 3 heteroatoms. The molecule has 20 heavy (non-hydrogen) atoms. The smallest absolute Gasteiger partial charge is 0.344 e. The fraction of sp³-hybridized carbons (Fsp3) is 0.118. The molecule has 0 aliphatic rings. The highest BCUT2D eigenvalue weighted by atomic mass is 16.6. The first-order chi connectivity index (χ1) is 9.79. The number of benzene rings is 2. The molecule has 0 saturated carbocycles. The van der Waals surface area contributed by atoms with E-state index in [2.05, 4.69) is 6.58 Å². The Bertz CT molecular complexity index is 559. The van der Waals surface area contributed by atoms with Crippen molar-refractivity contribution in [3.05, 3.63) is 67.3 Å². The summed E-state index contributed by atoms with van der Waals surface area (Å²) in [4.78, 5) is 11.3. The van der Waals surface area contributed by atoms with E-state index in [-0.39, 0.29) is 13.2 Å². The van der Waals surface area contributed by atoms with Crippen molar-refractivity contribution in [3.63, 3.8) is 0 Å². The van der Waals surface area contributed by atoms with Gasteiger partial charge in [-0.05, 0) is 23.3 Å². The Hall–Kier alpha value is -2.55. The highest BCUT2D eigenvalue weighted by molar-refractivity contribution is 5.71. The quantitative estimate of drug-likeness (QED) is 0.594. The van der Waals surface area contributed by atoms with Gasteiger partial charge in [0.05, 0.1) is 0 Å². The molecule has 0 saturated heterocycles. The molecule has 0 atom stereocenters. The normalized spacial score (nSPS) is 9.80. The first-order valence-electron chi connectivity index (χ1n) is 6.34. The summed E-state index contributed by atoms with van der Waals surface area (Å²) >= 11 is 0. The van der Waals surface area contributed by atoms with Gasteiger partial charge in [0, 0.05) is 0 Å². The maximum Gasteiger partial charge on any atom is 0.344 e. The molecule has 0 unspecified atom stereocenters. The molecule has 2 rings (SSSR count). The number of carbonyl (C=O) groups is 1. The van der Waals surface area contributed by atoms with Crippen molar-refractivity contribution in [3.8, 4) is 16.9 Å². The summed E-state index contributed by atoms with van der Waals surface area (Å²) in [5.74, 6) is 0.234. The second kappa shape index (κ2) is 7.14. The highest BCUT2D eigenvalue weighted by Crippen LogP contribution is 2.21. The Morgan fingerprint density at radius 1 is 1.00 bits per heavy atom. The number of ether oxygens (including phenoxy) is 2. The van der Waals surface area contributed by atoms with E-state index in [1.807, 2.05) is 54.6 Å². The maximum absolute atomic E-state index is 11.3. The van der Waals surface area contributed by atoms with Gasteiger partial charge in [-0.3, -0.25) is 0 Å². The van der Waals surface area contributed by atoms with Gasteiger partial charge < -0.3 is 9.47 Å². The standard InChI is InChI=1S/C17H16O3/c1-2-12-19-17(18)13-20-16-10-8-15(9-11-16)14-6-4-3-5-7-14/h2-11H,1,12-13H2. The lowest BCUT2D eigenvalue weighted by Crippen LogP contribution is -2.14. The van der Waals surface area contributed by atoms with Crippen LogP contribution < -0.4 is 4.74 Å². The number of hydrogen-bond donors (Lipinski definition) is 0. The van der Waals surface area contributed by atoms with E-state index >= 15 is 0 Å². The Kier molecular flexibility index (Phi) is 4.95. The highest BCUT2D eigenvalue weighted by Gasteiger charge is 2.03. The minimum Gasteiger partial charge on any atom is -0.482 e. The zero-order valence-corrected chi connectivity index (χ0v) is 11.1. The van der Waals surface area contributed by atoms with Crippen LogP contribution in [0.4, 0.5) is 0 Å². The molecule has 0 radical (unpaired) electrons. The monoisotopic (exact) mass is 268 g/mol. The van der Waals surface area contributed by atoms with Gasteiger partial charge in [-0.1, -0.05) is 55.1 Å². The van der Waals surface area contributed by atoms with Gasteiger partial charge in [0.15, 0.2) is 6.61 Å². The van der Waals surface area contributed by atoms with Crippen LogP contribution in [0.15, 0.2) is 67.3 Å². The van der Waals surface area contributed by atoms with E-state index in [1.165, 1.54) is 6.08 Å². The Morgan fingerprint density at radius 3 is 2.30 bits per heavy atom. The molecular weight excluding hydrogens is 252 g/mol. The van der Waals surface area contributed by atoms with Crippen LogP contribution in [0.3, 0.4) is 0 Å². The minimum absolute atomic E-state index is 0.0987. The number of esters is 1. The van der Waals surface area contributed by atoms with Crippen LogP contribution in [0.25, 0.3) is 11.1 Å². The molecule has 102 valence electrons. The lowest BCUT2D eigenvalue weighted by Gasteiger charge is -2.07. The first-order valence-corrected chi connectivity index (χ1v) is 6.34. The molecule has 0 aliphatic carbocycles. The van der Waals surface area contributed by atoms with Crippen LogP contribution in [0, 0.1) is 0 Å². The molecule has 0 fully saturated rings. The van der Waals surface area contributed by atoms with Gasteiger partial charge >= 0.3 is 5.97 Å². The summed E-state index contributed by atoms with van der Waals surface area (Å²) in [6.45, 7) is 3.58. The molecule has 0 amide bonds. The number of hydrogen-bond acceptors (Lipinski definition) is 3. The van der Waals surface area contributed by atoms with Crippen molar-refractivity contribution in [1.29, 1.82) is 0 Å². The molecule has 0 bridgehead atoms. The molecule has 2 aromatic rings. The number of rotatable bonds is 6. The topological polar surface area (TPSA) is 35.5 Å². The van der Waals surface area contributed by atoms with Gasteiger partial charge in [0.2, 0.25) is 0 Å².